The standard InChI is InChI=1S/C16H29NO/c1-13-5-4-8-16(10-13)12-17-11-15(18-16)9-14-6-2-3-7-14/h13-15,17H,2-12H2,1H3. The fraction of sp³-hybridized carbons (Fsp3) is 1.00. The Hall–Kier alpha value is -0.0800. The van der Waals surface area contributed by atoms with Crippen molar-refractivity contribution in [3.63, 3.8) is 0 Å². The monoisotopic (exact) mass is 251 g/mol. The third-order valence-corrected chi connectivity index (χ3v) is 5.36. The van der Waals surface area contributed by atoms with Gasteiger partial charge in [0.2, 0.25) is 0 Å². The molecule has 3 unspecified atom stereocenters. The van der Waals surface area contributed by atoms with Crippen molar-refractivity contribution < 1.29 is 4.74 Å². The van der Waals surface area contributed by atoms with Crippen LogP contribution in [0.5, 0.6) is 0 Å². The van der Waals surface area contributed by atoms with E-state index in [1.807, 2.05) is 0 Å². The summed E-state index contributed by atoms with van der Waals surface area (Å²) in [4.78, 5) is 0. The minimum absolute atomic E-state index is 0.194. The van der Waals surface area contributed by atoms with Crippen LogP contribution in [-0.2, 0) is 4.74 Å². The summed E-state index contributed by atoms with van der Waals surface area (Å²) in [6.07, 6.45) is 12.9. The third-order valence-electron chi connectivity index (χ3n) is 5.36. The van der Waals surface area contributed by atoms with Crippen LogP contribution in [0.15, 0.2) is 0 Å². The van der Waals surface area contributed by atoms with Crippen molar-refractivity contribution >= 4 is 0 Å². The van der Waals surface area contributed by atoms with Gasteiger partial charge in [-0.2, -0.15) is 0 Å². The minimum atomic E-state index is 0.194. The van der Waals surface area contributed by atoms with Crippen LogP contribution in [0.3, 0.4) is 0 Å². The lowest BCUT2D eigenvalue weighted by Crippen LogP contribution is -2.55. The van der Waals surface area contributed by atoms with Crippen LogP contribution in [0.2, 0.25) is 0 Å². The molecule has 1 saturated heterocycles. The number of ether oxygens (including phenoxy) is 1. The van der Waals surface area contributed by atoms with Crippen LogP contribution < -0.4 is 5.32 Å². The lowest BCUT2D eigenvalue weighted by molar-refractivity contribution is -0.146. The van der Waals surface area contributed by atoms with Crippen LogP contribution in [0, 0.1) is 11.8 Å². The Morgan fingerprint density at radius 2 is 2.00 bits per heavy atom. The lowest BCUT2D eigenvalue weighted by Gasteiger charge is -2.46. The quantitative estimate of drug-likeness (QED) is 0.811. The van der Waals surface area contributed by atoms with Gasteiger partial charge >= 0.3 is 0 Å². The fourth-order valence-electron chi connectivity index (χ4n) is 4.53. The van der Waals surface area contributed by atoms with Gasteiger partial charge in [-0.25, -0.2) is 0 Å². The second-order valence-corrected chi connectivity index (χ2v) is 7.14. The molecular weight excluding hydrogens is 222 g/mol. The van der Waals surface area contributed by atoms with Crippen molar-refractivity contribution in [2.75, 3.05) is 13.1 Å². The van der Waals surface area contributed by atoms with Crippen molar-refractivity contribution in [2.45, 2.75) is 76.4 Å². The van der Waals surface area contributed by atoms with Crippen molar-refractivity contribution in [2.24, 2.45) is 11.8 Å². The molecule has 3 fully saturated rings. The Balaban J connectivity index is 1.57. The Labute approximate surface area is 112 Å². The Morgan fingerprint density at radius 3 is 2.78 bits per heavy atom. The maximum Gasteiger partial charge on any atom is 0.0813 e. The van der Waals surface area contributed by atoms with E-state index in [0.717, 1.165) is 24.9 Å². The molecule has 3 aliphatic rings. The third kappa shape index (κ3) is 2.91. The molecule has 0 aromatic carbocycles. The molecule has 1 spiro atoms. The van der Waals surface area contributed by atoms with Gasteiger partial charge in [0.25, 0.3) is 0 Å². The second-order valence-electron chi connectivity index (χ2n) is 7.14. The van der Waals surface area contributed by atoms with Gasteiger partial charge in [0.05, 0.1) is 11.7 Å². The first-order valence-electron chi connectivity index (χ1n) is 8.14. The van der Waals surface area contributed by atoms with E-state index in [0.29, 0.717) is 6.10 Å². The van der Waals surface area contributed by atoms with Crippen molar-refractivity contribution in [3.05, 3.63) is 0 Å². The van der Waals surface area contributed by atoms with Gasteiger partial charge in [-0.15, -0.1) is 0 Å². The summed E-state index contributed by atoms with van der Waals surface area (Å²) in [7, 11) is 0. The zero-order chi connectivity index (χ0) is 12.4. The van der Waals surface area contributed by atoms with Crippen LogP contribution in [0.4, 0.5) is 0 Å². The summed E-state index contributed by atoms with van der Waals surface area (Å²) in [5, 5.41) is 3.66. The SMILES string of the molecule is CC1CCCC2(CNCC(CC3CCCC3)O2)C1. The molecule has 1 aliphatic heterocycles. The average Bonchev–Trinajstić information content (AvgIpc) is 2.81. The number of morpholine rings is 1. The molecule has 2 heteroatoms. The topological polar surface area (TPSA) is 21.3 Å². The predicted molar refractivity (Wildman–Crippen MR) is 74.7 cm³/mol. The van der Waals surface area contributed by atoms with Gasteiger partial charge < -0.3 is 10.1 Å². The highest BCUT2D eigenvalue weighted by atomic mass is 16.5. The zero-order valence-electron chi connectivity index (χ0n) is 11.9. The summed E-state index contributed by atoms with van der Waals surface area (Å²) < 4.78 is 6.58. The first-order chi connectivity index (χ1) is 8.76. The van der Waals surface area contributed by atoms with Crippen LogP contribution in [0.1, 0.15) is 64.7 Å². The summed E-state index contributed by atoms with van der Waals surface area (Å²) in [6.45, 7) is 4.58. The largest absolute Gasteiger partial charge is 0.369 e. The Bertz CT molecular complexity index is 270. The molecule has 2 nitrogen and oxygen atoms in total. The molecule has 3 atom stereocenters. The van der Waals surface area contributed by atoms with Crippen LogP contribution in [-0.4, -0.2) is 24.8 Å². The van der Waals surface area contributed by atoms with Gasteiger partial charge in [0.1, 0.15) is 0 Å². The molecule has 1 N–H and O–H groups in total. The fourth-order valence-corrected chi connectivity index (χ4v) is 4.53. The zero-order valence-corrected chi connectivity index (χ0v) is 11.9. The summed E-state index contributed by atoms with van der Waals surface area (Å²) in [6, 6.07) is 0. The molecular formula is C16H29NO. The van der Waals surface area contributed by atoms with Crippen molar-refractivity contribution in [1.29, 1.82) is 0 Å². The summed E-state index contributed by atoms with van der Waals surface area (Å²) in [5.41, 5.74) is 0.194. The maximum absolute atomic E-state index is 6.58. The summed E-state index contributed by atoms with van der Waals surface area (Å²) in [5.74, 6) is 1.80. The molecule has 18 heavy (non-hydrogen) atoms. The molecule has 2 aliphatic carbocycles. The predicted octanol–water partition coefficient (Wildman–Crippen LogP) is 3.50. The average molecular weight is 251 g/mol. The van der Waals surface area contributed by atoms with E-state index >= 15 is 0 Å². The van der Waals surface area contributed by atoms with E-state index < -0.39 is 0 Å². The van der Waals surface area contributed by atoms with Crippen molar-refractivity contribution in [3.8, 4) is 0 Å². The molecule has 2 saturated carbocycles. The van der Waals surface area contributed by atoms with Gasteiger partial charge in [0, 0.05) is 13.1 Å². The smallest absolute Gasteiger partial charge is 0.0813 e. The second kappa shape index (κ2) is 5.50. The molecule has 0 radical (unpaired) electrons. The van der Waals surface area contributed by atoms with E-state index in [-0.39, 0.29) is 5.60 Å². The first kappa shape index (κ1) is 12.9. The molecule has 104 valence electrons. The highest BCUT2D eigenvalue weighted by molar-refractivity contribution is 4.93. The highest BCUT2D eigenvalue weighted by Crippen LogP contribution is 2.39. The van der Waals surface area contributed by atoms with Gasteiger partial charge in [-0.3, -0.25) is 0 Å². The first-order valence-corrected chi connectivity index (χ1v) is 8.14. The van der Waals surface area contributed by atoms with Gasteiger partial charge in [-0.05, 0) is 31.1 Å². The molecule has 0 aromatic heterocycles. The number of nitrogens with one attached hydrogen (secondary N) is 1. The summed E-state index contributed by atoms with van der Waals surface area (Å²) >= 11 is 0. The number of hydrogen-bond donors (Lipinski definition) is 1. The van der Waals surface area contributed by atoms with E-state index in [2.05, 4.69) is 12.2 Å². The van der Waals surface area contributed by atoms with Crippen molar-refractivity contribution in [1.82, 2.24) is 5.32 Å². The highest BCUT2D eigenvalue weighted by Gasteiger charge is 2.40. The molecule has 1 heterocycles. The van der Waals surface area contributed by atoms with Crippen LogP contribution in [0.25, 0.3) is 0 Å². The molecule has 3 rings (SSSR count). The van der Waals surface area contributed by atoms with Crippen LogP contribution >= 0.6 is 0 Å². The van der Waals surface area contributed by atoms with E-state index in [1.165, 1.54) is 57.8 Å². The molecule has 0 aromatic rings. The van der Waals surface area contributed by atoms with Gasteiger partial charge in [0.15, 0.2) is 0 Å². The maximum atomic E-state index is 6.58. The molecule has 0 bridgehead atoms. The Morgan fingerprint density at radius 1 is 1.17 bits per heavy atom. The normalized spacial score (nSPS) is 42.5. The van der Waals surface area contributed by atoms with Gasteiger partial charge in [-0.1, -0.05) is 45.4 Å². The van der Waals surface area contributed by atoms with E-state index in [9.17, 15) is 0 Å². The Kier molecular flexibility index (Phi) is 3.95. The number of hydrogen-bond acceptors (Lipinski definition) is 2. The molecule has 0 amide bonds. The van der Waals surface area contributed by atoms with E-state index in [4.69, 9.17) is 4.74 Å². The number of rotatable bonds is 2. The van der Waals surface area contributed by atoms with E-state index in [1.54, 1.807) is 0 Å². The minimum Gasteiger partial charge on any atom is -0.369 e. The lowest BCUT2D eigenvalue weighted by atomic mass is 9.77.